The lowest BCUT2D eigenvalue weighted by molar-refractivity contribution is 0.0603. The standard InChI is InChI=1S/C28H27N5O4/c1-17-29-22-12-13-32(16-23(22)30-17)14-18-8-10-19(11-9-18)26(34)21-15-33(28(36)31(2)3)24-7-5-6-20(25(21)24)27(35)37-4/h5-13,15H,14,16H2,1-4H3,(H,29,30). The van der Waals surface area contributed by atoms with Crippen molar-refractivity contribution < 1.29 is 19.1 Å². The second-order valence-electron chi connectivity index (χ2n) is 9.21. The van der Waals surface area contributed by atoms with Crippen molar-refractivity contribution in [1.82, 2.24) is 24.3 Å². The van der Waals surface area contributed by atoms with Crippen molar-refractivity contribution in [1.29, 1.82) is 0 Å². The van der Waals surface area contributed by atoms with Crippen LogP contribution in [-0.2, 0) is 17.8 Å². The number of methoxy groups -OCH3 is 1. The van der Waals surface area contributed by atoms with Crippen LogP contribution in [0.25, 0.3) is 17.0 Å². The number of amides is 1. The number of nitrogens with one attached hydrogen (secondary N) is 1. The molecule has 188 valence electrons. The molecule has 2 aromatic heterocycles. The SMILES string of the molecule is COC(=O)c1cccc2c1c(C(=O)c1ccc(CN3C=Cc4nc(C)[nH]c4C3)cc1)cn2C(=O)N(C)C. The Morgan fingerprint density at radius 3 is 2.54 bits per heavy atom. The topological polar surface area (TPSA) is 101 Å². The third-order valence-electron chi connectivity index (χ3n) is 6.40. The van der Waals surface area contributed by atoms with Gasteiger partial charge in [-0.15, -0.1) is 0 Å². The molecule has 0 radical (unpaired) electrons. The molecule has 0 aliphatic carbocycles. The number of aromatic nitrogens is 3. The molecule has 1 aliphatic rings. The van der Waals surface area contributed by atoms with Crippen LogP contribution in [0.2, 0.25) is 0 Å². The van der Waals surface area contributed by atoms with E-state index >= 15 is 0 Å². The number of carbonyl (C=O) groups excluding carboxylic acids is 3. The Labute approximate surface area is 214 Å². The first-order chi connectivity index (χ1) is 17.8. The molecule has 37 heavy (non-hydrogen) atoms. The summed E-state index contributed by atoms with van der Waals surface area (Å²) >= 11 is 0. The number of carbonyl (C=O) groups is 3. The maximum absolute atomic E-state index is 13.6. The molecule has 0 atom stereocenters. The van der Waals surface area contributed by atoms with Gasteiger partial charge in [0.15, 0.2) is 5.78 Å². The lowest BCUT2D eigenvalue weighted by Gasteiger charge is -2.23. The highest BCUT2D eigenvalue weighted by Crippen LogP contribution is 2.29. The molecule has 0 spiro atoms. The molecular formula is C28H27N5O4. The minimum absolute atomic E-state index is 0.232. The van der Waals surface area contributed by atoms with Crippen LogP contribution in [0.5, 0.6) is 0 Å². The number of aryl methyl sites for hydroxylation is 1. The molecule has 9 heteroatoms. The van der Waals surface area contributed by atoms with E-state index in [-0.39, 0.29) is 22.9 Å². The van der Waals surface area contributed by atoms with E-state index in [0.29, 0.717) is 23.0 Å². The zero-order chi connectivity index (χ0) is 26.3. The average Bonchev–Trinajstić information content (AvgIpc) is 3.47. The molecular weight excluding hydrogens is 470 g/mol. The smallest absolute Gasteiger partial charge is 0.338 e. The molecule has 3 heterocycles. The van der Waals surface area contributed by atoms with Crippen LogP contribution in [0, 0.1) is 6.92 Å². The van der Waals surface area contributed by atoms with Crippen molar-refractivity contribution in [2.45, 2.75) is 20.0 Å². The summed E-state index contributed by atoms with van der Waals surface area (Å²) in [6.07, 6.45) is 5.51. The van der Waals surface area contributed by atoms with Gasteiger partial charge in [0, 0.05) is 49.6 Å². The van der Waals surface area contributed by atoms with E-state index in [1.165, 1.54) is 22.8 Å². The van der Waals surface area contributed by atoms with Gasteiger partial charge in [0.2, 0.25) is 0 Å². The summed E-state index contributed by atoms with van der Waals surface area (Å²) in [7, 11) is 4.55. The number of esters is 1. The van der Waals surface area contributed by atoms with Gasteiger partial charge in [-0.25, -0.2) is 14.6 Å². The quantitative estimate of drug-likeness (QED) is 0.328. The third kappa shape index (κ3) is 4.40. The van der Waals surface area contributed by atoms with Crippen molar-refractivity contribution in [3.8, 4) is 0 Å². The number of fused-ring (bicyclic) bond motifs is 2. The van der Waals surface area contributed by atoms with E-state index in [1.54, 1.807) is 44.4 Å². The van der Waals surface area contributed by atoms with Gasteiger partial charge in [-0.1, -0.05) is 30.3 Å². The van der Waals surface area contributed by atoms with Gasteiger partial charge in [-0.3, -0.25) is 9.36 Å². The van der Waals surface area contributed by atoms with Gasteiger partial charge in [-0.05, 0) is 30.7 Å². The fourth-order valence-electron chi connectivity index (χ4n) is 4.62. The molecule has 0 unspecified atom stereocenters. The monoisotopic (exact) mass is 497 g/mol. The van der Waals surface area contributed by atoms with Crippen LogP contribution < -0.4 is 0 Å². The Bertz CT molecular complexity index is 1560. The molecule has 0 bridgehead atoms. The molecule has 1 aliphatic heterocycles. The largest absolute Gasteiger partial charge is 0.465 e. The second-order valence-corrected chi connectivity index (χ2v) is 9.21. The van der Waals surface area contributed by atoms with Crippen LogP contribution in [0.1, 0.15) is 49.1 Å². The van der Waals surface area contributed by atoms with Crippen LogP contribution in [-0.4, -0.2) is 63.3 Å². The van der Waals surface area contributed by atoms with Crippen molar-refractivity contribution in [2.75, 3.05) is 21.2 Å². The summed E-state index contributed by atoms with van der Waals surface area (Å²) < 4.78 is 6.33. The van der Waals surface area contributed by atoms with Crippen molar-refractivity contribution in [3.63, 3.8) is 0 Å². The number of ketones is 1. The number of H-pyrrole nitrogens is 1. The van der Waals surface area contributed by atoms with E-state index in [1.807, 2.05) is 31.3 Å². The van der Waals surface area contributed by atoms with Crippen molar-refractivity contribution in [3.05, 3.63) is 94.3 Å². The summed E-state index contributed by atoms with van der Waals surface area (Å²) in [4.78, 5) is 50.3. The normalized spacial score (nSPS) is 12.5. The Morgan fingerprint density at radius 1 is 1.08 bits per heavy atom. The summed E-state index contributed by atoms with van der Waals surface area (Å²) in [5, 5.41) is 0.391. The predicted octanol–water partition coefficient (Wildman–Crippen LogP) is 4.21. The highest BCUT2D eigenvalue weighted by Gasteiger charge is 2.25. The first-order valence-corrected chi connectivity index (χ1v) is 11.8. The highest BCUT2D eigenvalue weighted by molar-refractivity contribution is 6.21. The fourth-order valence-corrected chi connectivity index (χ4v) is 4.62. The molecule has 1 amide bonds. The number of hydrogen-bond acceptors (Lipinski definition) is 6. The molecule has 5 rings (SSSR count). The number of ether oxygens (including phenoxy) is 1. The maximum atomic E-state index is 13.6. The van der Waals surface area contributed by atoms with Crippen LogP contribution in [0.4, 0.5) is 4.79 Å². The maximum Gasteiger partial charge on any atom is 0.338 e. The molecule has 0 saturated heterocycles. The highest BCUT2D eigenvalue weighted by atomic mass is 16.5. The van der Waals surface area contributed by atoms with Gasteiger partial charge < -0.3 is 19.5 Å². The van der Waals surface area contributed by atoms with Crippen molar-refractivity contribution >= 4 is 34.8 Å². The minimum atomic E-state index is -0.574. The molecule has 0 fully saturated rings. The lowest BCUT2D eigenvalue weighted by Crippen LogP contribution is -2.26. The Hall–Kier alpha value is -4.66. The average molecular weight is 498 g/mol. The summed E-state index contributed by atoms with van der Waals surface area (Å²) in [5.74, 6) is 0.0345. The predicted molar refractivity (Wildman–Crippen MR) is 139 cm³/mol. The molecule has 2 aromatic carbocycles. The second kappa shape index (κ2) is 9.42. The zero-order valence-corrected chi connectivity index (χ0v) is 21.1. The van der Waals surface area contributed by atoms with E-state index < -0.39 is 5.97 Å². The van der Waals surface area contributed by atoms with Crippen molar-refractivity contribution in [2.24, 2.45) is 0 Å². The lowest BCUT2D eigenvalue weighted by atomic mass is 9.98. The Kier molecular flexibility index (Phi) is 6.12. The molecule has 0 saturated carbocycles. The number of rotatable bonds is 5. The number of aromatic amines is 1. The van der Waals surface area contributed by atoms with E-state index in [4.69, 9.17) is 4.74 Å². The number of nitrogens with zero attached hydrogens (tertiary/aromatic N) is 4. The van der Waals surface area contributed by atoms with Gasteiger partial charge in [0.25, 0.3) is 0 Å². The third-order valence-corrected chi connectivity index (χ3v) is 6.40. The molecule has 4 aromatic rings. The van der Waals surface area contributed by atoms with Gasteiger partial charge in [0.05, 0.1) is 36.1 Å². The number of imidazole rings is 1. The Morgan fingerprint density at radius 2 is 1.84 bits per heavy atom. The summed E-state index contributed by atoms with van der Waals surface area (Å²) in [6.45, 7) is 3.34. The van der Waals surface area contributed by atoms with Gasteiger partial charge in [0.1, 0.15) is 5.82 Å². The van der Waals surface area contributed by atoms with Crippen LogP contribution in [0.15, 0.2) is 54.9 Å². The minimum Gasteiger partial charge on any atom is -0.465 e. The zero-order valence-electron chi connectivity index (χ0n) is 21.1. The number of hydrogen-bond donors (Lipinski definition) is 1. The van der Waals surface area contributed by atoms with Gasteiger partial charge >= 0.3 is 12.0 Å². The van der Waals surface area contributed by atoms with E-state index in [2.05, 4.69) is 14.9 Å². The first kappa shape index (κ1) is 24.1. The first-order valence-electron chi connectivity index (χ1n) is 11.8. The molecule has 9 nitrogen and oxygen atoms in total. The van der Waals surface area contributed by atoms with Gasteiger partial charge in [-0.2, -0.15) is 0 Å². The fraction of sp³-hybridized carbons (Fsp3) is 0.214. The summed E-state index contributed by atoms with van der Waals surface area (Å²) in [5.41, 5.74) is 4.51. The molecule has 1 N–H and O–H groups in total. The number of benzene rings is 2. The van der Waals surface area contributed by atoms with E-state index in [9.17, 15) is 14.4 Å². The van der Waals surface area contributed by atoms with Crippen LogP contribution >= 0.6 is 0 Å². The van der Waals surface area contributed by atoms with E-state index in [0.717, 1.165) is 29.3 Å². The Balaban J connectivity index is 1.45. The van der Waals surface area contributed by atoms with Crippen LogP contribution in [0.3, 0.4) is 0 Å². The summed E-state index contributed by atoms with van der Waals surface area (Å²) in [6, 6.07) is 12.0.